The van der Waals surface area contributed by atoms with E-state index in [1.54, 1.807) is 6.07 Å². The number of hydrogen-bond donors (Lipinski definition) is 1. The van der Waals surface area contributed by atoms with Crippen LogP contribution in [0, 0.1) is 12.7 Å². The minimum absolute atomic E-state index is 0.0344. The Balaban J connectivity index is 1.74. The Morgan fingerprint density at radius 1 is 1.39 bits per heavy atom. The molecule has 0 bridgehead atoms. The van der Waals surface area contributed by atoms with E-state index in [-0.39, 0.29) is 11.1 Å². The van der Waals surface area contributed by atoms with Crippen LogP contribution < -0.4 is 5.32 Å². The molecule has 4 nitrogen and oxygen atoms in total. The van der Waals surface area contributed by atoms with Crippen LogP contribution in [0.4, 0.5) is 10.1 Å². The normalized spacial score (nSPS) is 17.2. The van der Waals surface area contributed by atoms with E-state index < -0.39 is 5.82 Å². The summed E-state index contributed by atoms with van der Waals surface area (Å²) in [6, 6.07) is 5.25. The first-order chi connectivity index (χ1) is 11.1. The topological polar surface area (TPSA) is 39.1 Å². The smallest absolute Gasteiger partial charge is 0.142 e. The lowest BCUT2D eigenvalue weighted by atomic mass is 10.1. The summed E-state index contributed by atoms with van der Waals surface area (Å²) in [6.07, 6.45) is 3.81. The lowest BCUT2D eigenvalue weighted by Crippen LogP contribution is -2.21. The van der Waals surface area contributed by atoms with E-state index in [1.165, 1.54) is 6.07 Å². The first-order valence-electron chi connectivity index (χ1n) is 7.89. The van der Waals surface area contributed by atoms with E-state index in [0.717, 1.165) is 43.0 Å². The highest BCUT2D eigenvalue weighted by atomic mass is 35.5. The molecule has 0 amide bonds. The Morgan fingerprint density at radius 3 is 2.83 bits per heavy atom. The summed E-state index contributed by atoms with van der Waals surface area (Å²) in [7, 11) is 0. The van der Waals surface area contributed by atoms with Crippen LogP contribution in [0.25, 0.3) is 0 Å². The minimum atomic E-state index is -0.396. The fourth-order valence-corrected chi connectivity index (χ4v) is 3.08. The molecule has 1 atom stereocenters. The van der Waals surface area contributed by atoms with Crippen LogP contribution in [0.2, 0.25) is 5.02 Å². The minimum Gasteiger partial charge on any atom is -0.381 e. The zero-order valence-electron chi connectivity index (χ0n) is 13.4. The van der Waals surface area contributed by atoms with Crippen molar-refractivity contribution < 1.29 is 9.13 Å². The Bertz CT molecular complexity index is 682. The first-order valence-corrected chi connectivity index (χ1v) is 8.27. The van der Waals surface area contributed by atoms with Gasteiger partial charge in [-0.15, -0.1) is 0 Å². The van der Waals surface area contributed by atoms with Crippen molar-refractivity contribution in [2.45, 2.75) is 38.8 Å². The number of benzene rings is 1. The van der Waals surface area contributed by atoms with Crippen LogP contribution in [0.3, 0.4) is 0 Å². The van der Waals surface area contributed by atoms with Crippen molar-refractivity contribution in [3.05, 3.63) is 46.5 Å². The van der Waals surface area contributed by atoms with E-state index in [9.17, 15) is 4.39 Å². The highest BCUT2D eigenvalue weighted by molar-refractivity contribution is 6.30. The molecule has 0 spiro atoms. The molecule has 2 aromatic rings. The van der Waals surface area contributed by atoms with E-state index in [2.05, 4.69) is 22.0 Å². The van der Waals surface area contributed by atoms with Gasteiger partial charge in [0.05, 0.1) is 28.6 Å². The molecule has 124 valence electrons. The highest BCUT2D eigenvalue weighted by Crippen LogP contribution is 2.28. The second-order valence-electron chi connectivity index (χ2n) is 5.97. The van der Waals surface area contributed by atoms with Crippen molar-refractivity contribution in [3.63, 3.8) is 0 Å². The SMILES string of the molecule is Cc1c(NC(C)c2ccc(Cl)c(F)c2)cnn1C1CCOCC1. The Kier molecular flexibility index (Phi) is 4.87. The molecule has 1 saturated heterocycles. The zero-order chi connectivity index (χ0) is 16.4. The van der Waals surface area contributed by atoms with Crippen molar-refractivity contribution in [1.29, 1.82) is 0 Å². The molecular formula is C17H21ClFN3O. The van der Waals surface area contributed by atoms with Crippen LogP contribution in [0.5, 0.6) is 0 Å². The first kappa shape index (κ1) is 16.3. The lowest BCUT2D eigenvalue weighted by molar-refractivity contribution is 0.0657. The molecule has 0 saturated carbocycles. The molecule has 1 N–H and O–H groups in total. The Hall–Kier alpha value is -1.59. The standard InChI is InChI=1S/C17H21ClFN3O/c1-11(13-3-4-15(18)16(19)9-13)21-17-10-20-22(12(17)2)14-5-7-23-8-6-14/h3-4,9-11,14,21H,5-8H2,1-2H3. The molecule has 23 heavy (non-hydrogen) atoms. The van der Waals surface area contributed by atoms with Gasteiger partial charge in [0.15, 0.2) is 0 Å². The van der Waals surface area contributed by atoms with Crippen molar-refractivity contribution in [2.75, 3.05) is 18.5 Å². The number of nitrogens with one attached hydrogen (secondary N) is 1. The predicted molar refractivity (Wildman–Crippen MR) is 89.5 cm³/mol. The summed E-state index contributed by atoms with van der Waals surface area (Å²) in [6.45, 7) is 5.62. The number of nitrogens with zero attached hydrogens (tertiary/aromatic N) is 2. The molecule has 1 aromatic carbocycles. The van der Waals surface area contributed by atoms with E-state index in [4.69, 9.17) is 16.3 Å². The van der Waals surface area contributed by atoms with Crippen LogP contribution >= 0.6 is 11.6 Å². The molecule has 1 aromatic heterocycles. The van der Waals surface area contributed by atoms with Gasteiger partial charge in [0, 0.05) is 19.3 Å². The van der Waals surface area contributed by atoms with Crippen molar-refractivity contribution in [2.24, 2.45) is 0 Å². The predicted octanol–water partition coefficient (Wildman–Crippen LogP) is 4.51. The second kappa shape index (κ2) is 6.89. The average Bonchev–Trinajstić information content (AvgIpc) is 2.92. The molecular weight excluding hydrogens is 317 g/mol. The molecule has 0 radical (unpaired) electrons. The van der Waals surface area contributed by atoms with Crippen molar-refractivity contribution >= 4 is 17.3 Å². The Morgan fingerprint density at radius 2 is 2.13 bits per heavy atom. The third-order valence-corrected chi connectivity index (χ3v) is 4.70. The van der Waals surface area contributed by atoms with E-state index >= 15 is 0 Å². The third-order valence-electron chi connectivity index (χ3n) is 4.40. The van der Waals surface area contributed by atoms with Gasteiger partial charge < -0.3 is 10.1 Å². The molecule has 1 fully saturated rings. The zero-order valence-corrected chi connectivity index (χ0v) is 14.1. The number of halogens is 2. The summed E-state index contributed by atoms with van der Waals surface area (Å²) in [5.74, 6) is -0.396. The average molecular weight is 338 g/mol. The van der Waals surface area contributed by atoms with Crippen LogP contribution in [0.1, 0.15) is 43.1 Å². The van der Waals surface area contributed by atoms with Gasteiger partial charge in [0.1, 0.15) is 5.82 Å². The monoisotopic (exact) mass is 337 g/mol. The van der Waals surface area contributed by atoms with Gasteiger partial charge in [-0.25, -0.2) is 4.39 Å². The summed E-state index contributed by atoms with van der Waals surface area (Å²) >= 11 is 5.74. The highest BCUT2D eigenvalue weighted by Gasteiger charge is 2.20. The quantitative estimate of drug-likeness (QED) is 0.892. The van der Waals surface area contributed by atoms with E-state index in [1.807, 2.05) is 19.2 Å². The van der Waals surface area contributed by atoms with Crippen LogP contribution in [-0.2, 0) is 4.74 Å². The van der Waals surface area contributed by atoms with E-state index in [0.29, 0.717) is 6.04 Å². The lowest BCUT2D eigenvalue weighted by Gasteiger charge is -2.24. The van der Waals surface area contributed by atoms with Gasteiger partial charge in [0.2, 0.25) is 0 Å². The second-order valence-corrected chi connectivity index (χ2v) is 6.38. The summed E-state index contributed by atoms with van der Waals surface area (Å²) in [5.41, 5.74) is 2.92. The maximum absolute atomic E-state index is 13.6. The molecule has 3 rings (SSSR count). The molecule has 6 heteroatoms. The largest absolute Gasteiger partial charge is 0.381 e. The molecule has 1 unspecified atom stereocenters. The number of anilines is 1. The van der Waals surface area contributed by atoms with Gasteiger partial charge in [-0.3, -0.25) is 4.68 Å². The maximum Gasteiger partial charge on any atom is 0.142 e. The van der Waals surface area contributed by atoms with Gasteiger partial charge >= 0.3 is 0 Å². The number of hydrogen-bond acceptors (Lipinski definition) is 3. The summed E-state index contributed by atoms with van der Waals surface area (Å²) < 4.78 is 21.1. The third kappa shape index (κ3) is 3.51. The summed E-state index contributed by atoms with van der Waals surface area (Å²) in [4.78, 5) is 0. The van der Waals surface area contributed by atoms with Crippen LogP contribution in [-0.4, -0.2) is 23.0 Å². The van der Waals surface area contributed by atoms with Gasteiger partial charge in [-0.05, 0) is 44.4 Å². The molecule has 1 aliphatic heterocycles. The van der Waals surface area contributed by atoms with Crippen LogP contribution in [0.15, 0.2) is 24.4 Å². The van der Waals surface area contributed by atoms with Crippen molar-refractivity contribution in [1.82, 2.24) is 9.78 Å². The Labute approximate surface area is 140 Å². The van der Waals surface area contributed by atoms with Gasteiger partial charge in [0.25, 0.3) is 0 Å². The number of rotatable bonds is 4. The number of ether oxygens (including phenoxy) is 1. The fourth-order valence-electron chi connectivity index (χ4n) is 2.96. The fraction of sp³-hybridized carbons (Fsp3) is 0.471. The molecule has 1 aliphatic rings. The van der Waals surface area contributed by atoms with Gasteiger partial charge in [-0.2, -0.15) is 5.10 Å². The molecule has 0 aliphatic carbocycles. The number of aromatic nitrogens is 2. The maximum atomic E-state index is 13.6. The van der Waals surface area contributed by atoms with Crippen molar-refractivity contribution in [3.8, 4) is 0 Å². The van der Waals surface area contributed by atoms with Gasteiger partial charge in [-0.1, -0.05) is 17.7 Å². The summed E-state index contributed by atoms with van der Waals surface area (Å²) in [5, 5.41) is 8.07. The molecule has 2 heterocycles.